The molecule has 0 bridgehead atoms. The van der Waals surface area contributed by atoms with Gasteiger partial charge in [-0.3, -0.25) is 0 Å². The summed E-state index contributed by atoms with van der Waals surface area (Å²) in [5, 5.41) is 0. The van der Waals surface area contributed by atoms with E-state index in [0.717, 1.165) is 0 Å². The van der Waals surface area contributed by atoms with E-state index in [1.807, 2.05) is 23.1 Å². The lowest BCUT2D eigenvalue weighted by Gasteiger charge is -2.18. The van der Waals surface area contributed by atoms with E-state index in [-0.39, 0.29) is 12.6 Å². The molecule has 0 unspecified atom stereocenters. The number of rotatable bonds is 9. The highest BCUT2D eigenvalue weighted by Gasteiger charge is 2.14. The Hall–Kier alpha value is -1.71. The van der Waals surface area contributed by atoms with Crippen molar-refractivity contribution in [1.82, 2.24) is 0 Å². The molecule has 4 nitrogen and oxygen atoms in total. The zero-order valence-electron chi connectivity index (χ0n) is 26.7. The minimum Gasteiger partial charge on any atom is -0.356 e. The molecule has 0 radical (unpaired) electrons. The highest BCUT2D eigenvalue weighted by molar-refractivity contribution is 8.06. The van der Waals surface area contributed by atoms with Crippen LogP contribution >= 0.6 is 23.1 Å². The van der Waals surface area contributed by atoms with Crippen LogP contribution in [0.2, 0.25) is 0 Å². The number of thiol groups is 1. The van der Waals surface area contributed by atoms with Gasteiger partial charge >= 0.3 is 0 Å². The van der Waals surface area contributed by atoms with Crippen LogP contribution in [0.3, 0.4) is 0 Å². The van der Waals surface area contributed by atoms with Crippen molar-refractivity contribution in [3.8, 4) is 0 Å². The highest BCUT2D eigenvalue weighted by atomic mass is 32.2. The molecule has 0 saturated heterocycles. The van der Waals surface area contributed by atoms with Gasteiger partial charge in [-0.15, -0.1) is 0 Å². The zero-order valence-corrected chi connectivity index (χ0v) is 29.2. The van der Waals surface area contributed by atoms with Gasteiger partial charge in [0.15, 0.2) is 12.6 Å². The second-order valence-corrected chi connectivity index (χ2v) is 14.4. The van der Waals surface area contributed by atoms with Crippen molar-refractivity contribution < 1.29 is 18.9 Å². The molecule has 0 atom stereocenters. The summed E-state index contributed by atoms with van der Waals surface area (Å²) < 4.78 is 19.8. The second-order valence-electron chi connectivity index (χ2n) is 9.76. The number of allylic oxidation sites excluding steroid dienone is 13. The summed E-state index contributed by atoms with van der Waals surface area (Å²) in [4.78, 5) is 8.37. The van der Waals surface area contributed by atoms with Gasteiger partial charge in [-0.05, 0) is 59.1 Å². The molecule has 0 N–H and O–H groups in total. The first-order valence-electron chi connectivity index (χ1n) is 13.7. The van der Waals surface area contributed by atoms with Gasteiger partial charge in [0.05, 0.1) is 0 Å². The summed E-state index contributed by atoms with van der Waals surface area (Å²) in [6.45, 7) is 15.2. The van der Waals surface area contributed by atoms with E-state index in [2.05, 4.69) is 115 Å². The van der Waals surface area contributed by atoms with Gasteiger partial charge in [0.2, 0.25) is 21.1 Å². The molecule has 3 heterocycles. The Morgan fingerprint density at radius 1 is 0.780 bits per heavy atom. The van der Waals surface area contributed by atoms with Gasteiger partial charge in [0.25, 0.3) is 0 Å². The molecule has 0 fully saturated rings. The van der Waals surface area contributed by atoms with E-state index in [1.165, 1.54) is 52.3 Å². The number of hydrogen-bond donors (Lipinski definition) is 0. The van der Waals surface area contributed by atoms with Crippen LogP contribution in [0, 0.1) is 19.8 Å². The maximum atomic E-state index is 4.95. The monoisotopic (exact) mass is 618 g/mol. The van der Waals surface area contributed by atoms with E-state index in [1.54, 1.807) is 28.4 Å². The van der Waals surface area contributed by atoms with E-state index < -0.39 is 0 Å². The van der Waals surface area contributed by atoms with Crippen molar-refractivity contribution in [3.05, 3.63) is 101 Å². The first-order chi connectivity index (χ1) is 19.5. The standard InChI is InChI=1S/C19H21S2.C8H12S.C7H16O4/c1-14-10-18(11-15(2)20-14)8-6-5-7-9-19-12-16(3)21-17(4)13-19;1-6-4-7(2)9-8(3)5-6;1-8-6(9-2)5-7(10-3)11-4/h5-13H,1-4H3;4-6H,1-3H3;6-7H,5H2,1-4H3/q+1;;/p+1. The molecule has 41 heavy (non-hydrogen) atoms. The molecule has 0 aromatic carbocycles. The third kappa shape index (κ3) is 17.1. The number of hydrogen-bond acceptors (Lipinski definition) is 5. The number of ether oxygens (including phenoxy) is 4. The minimum absolute atomic E-state index is 0.264. The SMILES string of the molecule is CC1=CC(=C/C=C/C=C/c2cc(C)[s+]c(C)c2)C=C(C)S1.CC1=CC(C)C=C(C)[SH+]1.COC(CC(OC)OC)OC. The van der Waals surface area contributed by atoms with Gasteiger partial charge in [-0.2, -0.15) is 0 Å². The van der Waals surface area contributed by atoms with Crippen molar-refractivity contribution in [3.63, 3.8) is 0 Å². The van der Waals surface area contributed by atoms with Crippen molar-refractivity contribution in [1.29, 1.82) is 0 Å². The molecular formula is C34H50O4S3+2. The van der Waals surface area contributed by atoms with E-state index in [4.69, 9.17) is 18.9 Å². The molecular weight excluding hydrogens is 569 g/mol. The van der Waals surface area contributed by atoms with Crippen LogP contribution in [-0.2, 0) is 30.7 Å². The Labute approximate surface area is 262 Å². The Morgan fingerprint density at radius 2 is 1.27 bits per heavy atom. The van der Waals surface area contributed by atoms with Crippen LogP contribution in [0.4, 0.5) is 0 Å². The predicted molar refractivity (Wildman–Crippen MR) is 185 cm³/mol. The number of methoxy groups -OCH3 is 4. The van der Waals surface area contributed by atoms with Gasteiger partial charge in [-0.1, -0.05) is 49.1 Å². The summed E-state index contributed by atoms with van der Waals surface area (Å²) >= 11 is 5.08. The number of thioether (sulfide) groups is 1. The van der Waals surface area contributed by atoms with Gasteiger partial charge in [0.1, 0.15) is 9.81 Å². The summed E-state index contributed by atoms with van der Waals surface area (Å²) in [6, 6.07) is 4.44. The minimum atomic E-state index is -0.264. The van der Waals surface area contributed by atoms with Crippen molar-refractivity contribution in [2.75, 3.05) is 28.4 Å². The Kier molecular flexibility index (Phi) is 19.2. The van der Waals surface area contributed by atoms with Crippen molar-refractivity contribution >= 4 is 40.9 Å². The first-order valence-corrected chi connectivity index (χ1v) is 16.2. The van der Waals surface area contributed by atoms with Crippen LogP contribution < -0.4 is 0 Å². The largest absolute Gasteiger partial charge is 0.356 e. The fourth-order valence-corrected chi connectivity index (χ4v) is 7.11. The molecule has 0 spiro atoms. The normalized spacial score (nSPS) is 15.7. The molecule has 1 aromatic heterocycles. The average molecular weight is 619 g/mol. The fourth-order valence-electron chi connectivity index (χ4n) is 4.13. The molecule has 0 saturated carbocycles. The predicted octanol–water partition coefficient (Wildman–Crippen LogP) is 9.57. The summed E-state index contributed by atoms with van der Waals surface area (Å²) in [5.41, 5.74) is 2.53. The lowest BCUT2D eigenvalue weighted by molar-refractivity contribution is -0.178. The molecule has 0 amide bonds. The van der Waals surface area contributed by atoms with Crippen molar-refractivity contribution in [2.45, 2.75) is 67.5 Å². The summed E-state index contributed by atoms with van der Waals surface area (Å²) in [5.74, 6) is 0.659. The topological polar surface area (TPSA) is 36.9 Å². The summed E-state index contributed by atoms with van der Waals surface area (Å²) in [7, 11) is 6.32. The Morgan fingerprint density at radius 3 is 1.71 bits per heavy atom. The molecule has 2 aliphatic rings. The quantitative estimate of drug-likeness (QED) is 0.119. The van der Waals surface area contributed by atoms with Crippen LogP contribution in [0.5, 0.6) is 0 Å². The van der Waals surface area contributed by atoms with Crippen molar-refractivity contribution in [2.24, 2.45) is 5.92 Å². The molecule has 226 valence electrons. The average Bonchev–Trinajstić information content (AvgIpc) is 2.88. The Balaban J connectivity index is 0.000000351. The Bertz CT molecular complexity index is 1080. The van der Waals surface area contributed by atoms with Gasteiger partial charge in [-0.25, -0.2) is 0 Å². The summed E-state index contributed by atoms with van der Waals surface area (Å²) in [6.07, 6.45) is 19.7. The maximum absolute atomic E-state index is 4.95. The lowest BCUT2D eigenvalue weighted by atomic mass is 10.1. The molecule has 3 rings (SSSR count). The van der Waals surface area contributed by atoms with Crippen LogP contribution in [0.1, 0.15) is 56.4 Å². The second kappa shape index (κ2) is 21.1. The van der Waals surface area contributed by atoms with Crippen LogP contribution in [0.25, 0.3) is 6.08 Å². The van der Waals surface area contributed by atoms with Crippen LogP contribution in [0.15, 0.2) is 85.9 Å². The fraction of sp³-hybridized carbons (Fsp3) is 0.441. The van der Waals surface area contributed by atoms with E-state index in [9.17, 15) is 0 Å². The molecule has 0 aliphatic carbocycles. The third-order valence-corrected chi connectivity index (χ3v) is 8.48. The highest BCUT2D eigenvalue weighted by Crippen LogP contribution is 2.31. The molecule has 7 heteroatoms. The molecule has 1 aromatic rings. The van der Waals surface area contributed by atoms with Crippen LogP contribution in [-0.4, -0.2) is 41.0 Å². The smallest absolute Gasteiger partial charge is 0.217 e. The number of aryl methyl sites for hydroxylation is 2. The van der Waals surface area contributed by atoms with E-state index in [0.29, 0.717) is 12.3 Å². The van der Waals surface area contributed by atoms with Gasteiger partial charge in [0, 0.05) is 92.4 Å². The zero-order chi connectivity index (χ0) is 30.8. The lowest BCUT2D eigenvalue weighted by Crippen LogP contribution is -2.24. The van der Waals surface area contributed by atoms with Gasteiger partial charge < -0.3 is 18.9 Å². The van der Waals surface area contributed by atoms with E-state index >= 15 is 0 Å². The maximum Gasteiger partial charge on any atom is 0.217 e. The third-order valence-electron chi connectivity index (χ3n) is 5.72. The first kappa shape index (κ1) is 37.3. The molecule has 2 aliphatic heterocycles.